The summed E-state index contributed by atoms with van der Waals surface area (Å²) >= 11 is 0. The van der Waals surface area contributed by atoms with Crippen molar-refractivity contribution in [2.75, 3.05) is 6.61 Å². The van der Waals surface area contributed by atoms with Gasteiger partial charge in [0.15, 0.2) is 0 Å². The van der Waals surface area contributed by atoms with Gasteiger partial charge in [-0.05, 0) is 5.92 Å². The van der Waals surface area contributed by atoms with E-state index in [1.807, 2.05) is 13.8 Å². The second kappa shape index (κ2) is 5.77. The van der Waals surface area contributed by atoms with E-state index in [4.69, 9.17) is 9.84 Å². The first-order valence-corrected chi connectivity index (χ1v) is 4.79. The third kappa shape index (κ3) is 2.89. The lowest BCUT2D eigenvalue weighted by atomic mass is 9.90. The highest BCUT2D eigenvalue weighted by atomic mass is 16.5. The van der Waals surface area contributed by atoms with Gasteiger partial charge in [0.05, 0.1) is 12.7 Å². The SMILES string of the molecule is C.CC(C)[C@H]1O[C@H](CO)[C@@H](O)[C@H](O)[C@@H]1O. The summed E-state index contributed by atoms with van der Waals surface area (Å²) in [4.78, 5) is 0. The van der Waals surface area contributed by atoms with Crippen molar-refractivity contribution in [1.29, 1.82) is 0 Å². The highest BCUT2D eigenvalue weighted by molar-refractivity contribution is 4.92. The molecule has 0 aromatic heterocycles. The molecule has 0 radical (unpaired) electrons. The van der Waals surface area contributed by atoms with Crippen molar-refractivity contribution in [3.63, 3.8) is 0 Å². The molecule has 1 aliphatic heterocycles. The summed E-state index contributed by atoms with van der Waals surface area (Å²) in [6.45, 7) is 3.31. The monoisotopic (exact) mass is 222 g/mol. The molecule has 0 aromatic rings. The zero-order valence-electron chi connectivity index (χ0n) is 8.37. The smallest absolute Gasteiger partial charge is 0.111 e. The molecule has 0 aromatic carbocycles. The van der Waals surface area contributed by atoms with Crippen LogP contribution in [0.3, 0.4) is 0 Å². The van der Waals surface area contributed by atoms with Crippen LogP contribution in [-0.4, -0.2) is 57.6 Å². The first kappa shape index (κ1) is 14.8. The summed E-state index contributed by atoms with van der Waals surface area (Å²) in [5.74, 6) is 0.0150. The van der Waals surface area contributed by atoms with E-state index in [0.29, 0.717) is 0 Å². The first-order chi connectivity index (χ1) is 6.49. The number of ether oxygens (including phenoxy) is 1. The van der Waals surface area contributed by atoms with Crippen molar-refractivity contribution in [3.05, 3.63) is 0 Å². The van der Waals surface area contributed by atoms with Crippen LogP contribution < -0.4 is 0 Å². The molecule has 5 nitrogen and oxygen atoms in total. The minimum atomic E-state index is -1.26. The van der Waals surface area contributed by atoms with Gasteiger partial charge in [0, 0.05) is 0 Å². The van der Waals surface area contributed by atoms with E-state index in [0.717, 1.165) is 0 Å². The molecule has 92 valence electrons. The lowest BCUT2D eigenvalue weighted by Gasteiger charge is -2.41. The molecular formula is C10H22O5. The second-order valence-electron chi connectivity index (χ2n) is 4.04. The molecule has 0 bridgehead atoms. The molecule has 5 atom stereocenters. The van der Waals surface area contributed by atoms with Crippen molar-refractivity contribution in [1.82, 2.24) is 0 Å². The Labute approximate surface area is 90.3 Å². The minimum Gasteiger partial charge on any atom is -0.394 e. The number of hydrogen-bond donors (Lipinski definition) is 4. The Kier molecular flexibility index (Phi) is 5.69. The standard InChI is InChI=1S/C9H18O5.CH4/c1-4(2)9-8(13)7(12)6(11)5(3-10)14-9;/h4-13H,3H2,1-2H3;1H4/t5-,6-,7+,8+,9-;/m1./s1. The van der Waals surface area contributed by atoms with E-state index < -0.39 is 30.5 Å². The largest absolute Gasteiger partial charge is 0.394 e. The van der Waals surface area contributed by atoms with Gasteiger partial charge in [0.2, 0.25) is 0 Å². The maximum absolute atomic E-state index is 9.57. The van der Waals surface area contributed by atoms with Gasteiger partial charge in [0.25, 0.3) is 0 Å². The van der Waals surface area contributed by atoms with E-state index in [-0.39, 0.29) is 20.0 Å². The molecule has 4 N–H and O–H groups in total. The molecule has 15 heavy (non-hydrogen) atoms. The molecule has 1 rings (SSSR count). The molecule has 1 fully saturated rings. The Morgan fingerprint density at radius 2 is 1.60 bits per heavy atom. The maximum atomic E-state index is 9.57. The van der Waals surface area contributed by atoms with Crippen LogP contribution in [0, 0.1) is 5.92 Å². The van der Waals surface area contributed by atoms with Gasteiger partial charge in [-0.15, -0.1) is 0 Å². The number of aliphatic hydroxyl groups is 4. The topological polar surface area (TPSA) is 90.2 Å². The van der Waals surface area contributed by atoms with Gasteiger partial charge < -0.3 is 25.2 Å². The molecule has 0 aliphatic carbocycles. The van der Waals surface area contributed by atoms with Crippen LogP contribution in [0.4, 0.5) is 0 Å². The first-order valence-electron chi connectivity index (χ1n) is 4.79. The number of hydrogen-bond acceptors (Lipinski definition) is 5. The fourth-order valence-electron chi connectivity index (χ4n) is 1.68. The lowest BCUT2D eigenvalue weighted by molar-refractivity contribution is -0.238. The average molecular weight is 222 g/mol. The highest BCUT2D eigenvalue weighted by Gasteiger charge is 2.44. The predicted molar refractivity (Wildman–Crippen MR) is 55.3 cm³/mol. The summed E-state index contributed by atoms with van der Waals surface area (Å²) in [6, 6.07) is 0. The Balaban J connectivity index is 0.00000196. The maximum Gasteiger partial charge on any atom is 0.111 e. The van der Waals surface area contributed by atoms with E-state index >= 15 is 0 Å². The van der Waals surface area contributed by atoms with Gasteiger partial charge in [-0.2, -0.15) is 0 Å². The normalized spacial score (nSPS) is 41.4. The number of rotatable bonds is 2. The zero-order chi connectivity index (χ0) is 10.9. The molecule has 0 spiro atoms. The Morgan fingerprint density at radius 1 is 1.07 bits per heavy atom. The fourth-order valence-corrected chi connectivity index (χ4v) is 1.68. The van der Waals surface area contributed by atoms with E-state index in [1.165, 1.54) is 0 Å². The molecule has 1 saturated heterocycles. The number of aliphatic hydroxyl groups excluding tert-OH is 4. The van der Waals surface area contributed by atoms with Gasteiger partial charge in [-0.1, -0.05) is 21.3 Å². The van der Waals surface area contributed by atoms with Gasteiger partial charge >= 0.3 is 0 Å². The van der Waals surface area contributed by atoms with E-state index in [2.05, 4.69) is 0 Å². The third-order valence-corrected chi connectivity index (χ3v) is 2.59. The third-order valence-electron chi connectivity index (χ3n) is 2.59. The second-order valence-corrected chi connectivity index (χ2v) is 4.04. The van der Waals surface area contributed by atoms with Crippen LogP contribution in [0.2, 0.25) is 0 Å². The van der Waals surface area contributed by atoms with Crippen LogP contribution in [0.25, 0.3) is 0 Å². The van der Waals surface area contributed by atoms with Crippen molar-refractivity contribution in [2.45, 2.75) is 51.8 Å². The predicted octanol–water partition coefficient (Wildman–Crippen LogP) is -0.879. The van der Waals surface area contributed by atoms with E-state index in [1.54, 1.807) is 0 Å². The minimum absolute atomic E-state index is 0. The summed E-state index contributed by atoms with van der Waals surface area (Å²) in [7, 11) is 0. The summed E-state index contributed by atoms with van der Waals surface area (Å²) in [5, 5.41) is 37.4. The Morgan fingerprint density at radius 3 is 2.00 bits per heavy atom. The van der Waals surface area contributed by atoms with Crippen LogP contribution in [-0.2, 0) is 4.74 Å². The summed E-state index contributed by atoms with van der Waals surface area (Å²) in [5.41, 5.74) is 0. The van der Waals surface area contributed by atoms with Crippen LogP contribution >= 0.6 is 0 Å². The Bertz CT molecular complexity index is 183. The molecule has 1 aliphatic rings. The van der Waals surface area contributed by atoms with Crippen LogP contribution in [0.5, 0.6) is 0 Å². The van der Waals surface area contributed by atoms with Gasteiger partial charge in [0.1, 0.15) is 24.4 Å². The molecule has 5 heteroatoms. The van der Waals surface area contributed by atoms with Crippen LogP contribution in [0.1, 0.15) is 21.3 Å². The Hall–Kier alpha value is -0.200. The van der Waals surface area contributed by atoms with E-state index in [9.17, 15) is 15.3 Å². The van der Waals surface area contributed by atoms with Crippen molar-refractivity contribution in [3.8, 4) is 0 Å². The molecule has 0 unspecified atom stereocenters. The van der Waals surface area contributed by atoms with Gasteiger partial charge in [-0.25, -0.2) is 0 Å². The molecule has 1 heterocycles. The quantitative estimate of drug-likeness (QED) is 0.487. The molecular weight excluding hydrogens is 200 g/mol. The van der Waals surface area contributed by atoms with Crippen molar-refractivity contribution >= 4 is 0 Å². The highest BCUT2D eigenvalue weighted by Crippen LogP contribution is 2.25. The molecule has 0 saturated carbocycles. The van der Waals surface area contributed by atoms with Crippen molar-refractivity contribution < 1.29 is 25.2 Å². The zero-order valence-corrected chi connectivity index (χ0v) is 8.37. The van der Waals surface area contributed by atoms with Crippen molar-refractivity contribution in [2.24, 2.45) is 5.92 Å². The molecule has 0 amide bonds. The van der Waals surface area contributed by atoms with Gasteiger partial charge in [-0.3, -0.25) is 0 Å². The van der Waals surface area contributed by atoms with Crippen LogP contribution in [0.15, 0.2) is 0 Å². The summed E-state index contributed by atoms with van der Waals surface area (Å²) < 4.78 is 5.28. The average Bonchev–Trinajstić information content (AvgIpc) is 2.14. The summed E-state index contributed by atoms with van der Waals surface area (Å²) in [6.07, 6.45) is -4.96. The lowest BCUT2D eigenvalue weighted by Crippen LogP contribution is -2.59. The fraction of sp³-hybridized carbons (Fsp3) is 1.00.